The molecule has 0 radical (unpaired) electrons. The second-order valence-electron chi connectivity index (χ2n) is 7.66. The molecule has 1 aromatic carbocycles. The van der Waals surface area contributed by atoms with Crippen molar-refractivity contribution >= 4 is 17.8 Å². The van der Waals surface area contributed by atoms with Gasteiger partial charge in [-0.1, -0.05) is 12.1 Å². The van der Waals surface area contributed by atoms with Gasteiger partial charge in [0.05, 0.1) is 12.4 Å². The zero-order valence-electron chi connectivity index (χ0n) is 18.1. The molecule has 0 saturated carbocycles. The van der Waals surface area contributed by atoms with Gasteiger partial charge in [-0.3, -0.25) is 9.69 Å². The fourth-order valence-electron chi connectivity index (χ4n) is 3.51. The Labute approximate surface area is 185 Å². The largest absolute Gasteiger partial charge is 0.454 e. The van der Waals surface area contributed by atoms with Crippen LogP contribution in [-0.2, 0) is 11.3 Å². The number of benzene rings is 1. The van der Waals surface area contributed by atoms with Crippen molar-refractivity contribution in [2.45, 2.75) is 20.4 Å². The van der Waals surface area contributed by atoms with Crippen LogP contribution in [0, 0.1) is 6.92 Å². The summed E-state index contributed by atoms with van der Waals surface area (Å²) >= 11 is 0. The number of ether oxygens (including phenoxy) is 1. The van der Waals surface area contributed by atoms with E-state index in [2.05, 4.69) is 37.4 Å². The van der Waals surface area contributed by atoms with E-state index in [1.165, 1.54) is 17.9 Å². The van der Waals surface area contributed by atoms with Crippen LogP contribution in [-0.4, -0.2) is 67.7 Å². The molecule has 3 heterocycles. The van der Waals surface area contributed by atoms with Crippen LogP contribution in [0.15, 0.2) is 49.2 Å². The van der Waals surface area contributed by atoms with Gasteiger partial charge in [-0.25, -0.2) is 14.8 Å². The lowest BCUT2D eigenvalue weighted by Gasteiger charge is -2.34. The predicted octanol–water partition coefficient (Wildman–Crippen LogP) is 2.52. The minimum Gasteiger partial charge on any atom is -0.454 e. The number of nitrogens with zero attached hydrogens (tertiary/aromatic N) is 6. The number of aromatic nitrogens is 4. The van der Waals surface area contributed by atoms with Crippen LogP contribution in [0.25, 0.3) is 0 Å². The number of hydrogen-bond donors (Lipinski definition) is 1. The summed E-state index contributed by atoms with van der Waals surface area (Å²) in [5.74, 6) is 1.50. The monoisotopic (exact) mass is 435 g/mol. The standard InChI is InChI=1S/C22H25N7O3/c1-16-3-4-18(20(11-16)32-19-12-23-15-24-13-19)14-27-7-9-28(10-8-27)22(31)29-6-5-21(26-29)25-17(2)30/h3-6,11-13,15H,7-10,14H2,1-2H3,(H,25,26,30). The second-order valence-corrected chi connectivity index (χ2v) is 7.66. The van der Waals surface area contributed by atoms with Crippen LogP contribution in [0.5, 0.6) is 11.5 Å². The summed E-state index contributed by atoms with van der Waals surface area (Å²) in [5, 5.41) is 6.70. The quantitative estimate of drug-likeness (QED) is 0.656. The lowest BCUT2D eigenvalue weighted by atomic mass is 10.1. The van der Waals surface area contributed by atoms with Gasteiger partial charge >= 0.3 is 6.03 Å². The molecule has 1 fully saturated rings. The Balaban J connectivity index is 1.36. The summed E-state index contributed by atoms with van der Waals surface area (Å²) in [7, 11) is 0. The number of anilines is 1. The fourth-order valence-corrected chi connectivity index (χ4v) is 3.51. The Morgan fingerprint density at radius 2 is 1.84 bits per heavy atom. The summed E-state index contributed by atoms with van der Waals surface area (Å²) in [6, 6.07) is 7.54. The van der Waals surface area contributed by atoms with Crippen LogP contribution in [0.4, 0.5) is 10.6 Å². The highest BCUT2D eigenvalue weighted by Crippen LogP contribution is 2.27. The lowest BCUT2D eigenvalue weighted by molar-refractivity contribution is -0.114. The number of carbonyl (C=O) groups excluding carboxylic acids is 2. The normalized spacial score (nSPS) is 14.2. The summed E-state index contributed by atoms with van der Waals surface area (Å²) < 4.78 is 7.28. The van der Waals surface area contributed by atoms with Crippen molar-refractivity contribution in [1.29, 1.82) is 0 Å². The van der Waals surface area contributed by atoms with Gasteiger partial charge in [0, 0.05) is 57.5 Å². The van der Waals surface area contributed by atoms with Crippen molar-refractivity contribution in [3.63, 3.8) is 0 Å². The SMILES string of the molecule is CC(=O)Nc1ccn(C(=O)N2CCN(Cc3ccc(C)cc3Oc3cncnc3)CC2)n1. The van der Waals surface area contributed by atoms with E-state index in [1.807, 2.05) is 13.0 Å². The smallest absolute Gasteiger partial charge is 0.344 e. The van der Waals surface area contributed by atoms with Crippen LogP contribution in [0.2, 0.25) is 0 Å². The molecule has 0 unspecified atom stereocenters. The van der Waals surface area contributed by atoms with E-state index in [1.54, 1.807) is 29.6 Å². The summed E-state index contributed by atoms with van der Waals surface area (Å²) in [5.41, 5.74) is 2.17. The van der Waals surface area contributed by atoms with Crippen molar-refractivity contribution in [1.82, 2.24) is 29.5 Å². The summed E-state index contributed by atoms with van der Waals surface area (Å²) in [4.78, 5) is 35.9. The van der Waals surface area contributed by atoms with E-state index in [9.17, 15) is 9.59 Å². The first-order chi connectivity index (χ1) is 15.5. The van der Waals surface area contributed by atoms with Crippen LogP contribution in [0.1, 0.15) is 18.1 Å². The minimum atomic E-state index is -0.226. The summed E-state index contributed by atoms with van der Waals surface area (Å²) in [6.07, 6.45) is 6.30. The molecule has 2 aromatic heterocycles. The molecule has 3 aromatic rings. The molecule has 0 spiro atoms. The van der Waals surface area contributed by atoms with Crippen LogP contribution < -0.4 is 10.1 Å². The molecular weight excluding hydrogens is 410 g/mol. The molecule has 1 aliphatic rings. The minimum absolute atomic E-state index is 0.204. The van der Waals surface area contributed by atoms with E-state index >= 15 is 0 Å². The Morgan fingerprint density at radius 1 is 1.09 bits per heavy atom. The molecule has 1 aliphatic heterocycles. The predicted molar refractivity (Wildman–Crippen MR) is 117 cm³/mol. The van der Waals surface area contributed by atoms with E-state index in [0.717, 1.165) is 30.0 Å². The molecule has 1 N–H and O–H groups in total. The third kappa shape index (κ3) is 5.27. The molecule has 10 heteroatoms. The second kappa shape index (κ2) is 9.56. The van der Waals surface area contributed by atoms with Gasteiger partial charge in [-0.05, 0) is 18.6 Å². The first-order valence-corrected chi connectivity index (χ1v) is 10.4. The molecule has 0 atom stereocenters. The Kier molecular flexibility index (Phi) is 6.41. The number of piperazine rings is 1. The summed E-state index contributed by atoms with van der Waals surface area (Å²) in [6.45, 7) is 6.76. The molecule has 0 bridgehead atoms. The highest BCUT2D eigenvalue weighted by atomic mass is 16.5. The molecular formula is C22H25N7O3. The zero-order chi connectivity index (χ0) is 22.5. The first kappa shape index (κ1) is 21.4. The molecule has 2 amide bonds. The number of nitrogens with one attached hydrogen (secondary N) is 1. The van der Waals surface area contributed by atoms with E-state index < -0.39 is 0 Å². The average Bonchev–Trinajstić information content (AvgIpc) is 3.24. The zero-order valence-corrected chi connectivity index (χ0v) is 18.1. The van der Waals surface area contributed by atoms with Gasteiger partial charge in [0.15, 0.2) is 11.6 Å². The van der Waals surface area contributed by atoms with Crippen molar-refractivity contribution in [3.8, 4) is 11.5 Å². The van der Waals surface area contributed by atoms with Gasteiger partial charge < -0.3 is 15.0 Å². The maximum absolute atomic E-state index is 12.7. The molecule has 32 heavy (non-hydrogen) atoms. The molecule has 10 nitrogen and oxygen atoms in total. The van der Waals surface area contributed by atoms with Gasteiger partial charge in [-0.15, -0.1) is 5.10 Å². The number of carbonyl (C=O) groups is 2. The van der Waals surface area contributed by atoms with Gasteiger partial charge in [0.1, 0.15) is 12.1 Å². The Bertz CT molecular complexity index is 1090. The van der Waals surface area contributed by atoms with Crippen LogP contribution >= 0.6 is 0 Å². The fraction of sp³-hybridized carbons (Fsp3) is 0.318. The number of aryl methyl sites for hydroxylation is 1. The molecule has 0 aliphatic carbocycles. The Hall–Kier alpha value is -3.79. The first-order valence-electron chi connectivity index (χ1n) is 10.4. The number of rotatable bonds is 5. The molecule has 4 rings (SSSR count). The Morgan fingerprint density at radius 3 is 2.56 bits per heavy atom. The van der Waals surface area contributed by atoms with Crippen molar-refractivity contribution < 1.29 is 14.3 Å². The van der Waals surface area contributed by atoms with Crippen molar-refractivity contribution in [2.24, 2.45) is 0 Å². The maximum atomic E-state index is 12.7. The van der Waals surface area contributed by atoms with E-state index in [4.69, 9.17) is 4.74 Å². The third-order valence-corrected chi connectivity index (χ3v) is 5.11. The molecule has 166 valence electrons. The van der Waals surface area contributed by atoms with Gasteiger partial charge in [-0.2, -0.15) is 4.68 Å². The maximum Gasteiger partial charge on any atom is 0.344 e. The highest BCUT2D eigenvalue weighted by molar-refractivity contribution is 5.87. The van der Waals surface area contributed by atoms with Gasteiger partial charge in [0.2, 0.25) is 5.91 Å². The van der Waals surface area contributed by atoms with E-state index in [0.29, 0.717) is 31.2 Å². The molecule has 1 saturated heterocycles. The van der Waals surface area contributed by atoms with E-state index in [-0.39, 0.29) is 11.9 Å². The lowest BCUT2D eigenvalue weighted by Crippen LogP contribution is -2.49. The van der Waals surface area contributed by atoms with Crippen molar-refractivity contribution in [2.75, 3.05) is 31.5 Å². The average molecular weight is 435 g/mol. The number of hydrogen-bond acceptors (Lipinski definition) is 7. The topological polar surface area (TPSA) is 105 Å². The van der Waals surface area contributed by atoms with Crippen molar-refractivity contribution in [3.05, 3.63) is 60.3 Å². The third-order valence-electron chi connectivity index (χ3n) is 5.11. The van der Waals surface area contributed by atoms with Gasteiger partial charge in [0.25, 0.3) is 0 Å². The van der Waals surface area contributed by atoms with Crippen LogP contribution in [0.3, 0.4) is 0 Å². The number of amides is 2. The highest BCUT2D eigenvalue weighted by Gasteiger charge is 2.23.